The molecule has 2 aromatic carbocycles. The Morgan fingerprint density at radius 3 is 2.21 bits per heavy atom. The van der Waals surface area contributed by atoms with Crippen LogP contribution in [-0.2, 0) is 6.18 Å². The van der Waals surface area contributed by atoms with Crippen molar-refractivity contribution in [3.63, 3.8) is 0 Å². The Morgan fingerprint density at radius 1 is 1.00 bits per heavy atom. The van der Waals surface area contributed by atoms with Crippen LogP contribution in [0.4, 0.5) is 36.3 Å². The Hall–Kier alpha value is -4.02. The van der Waals surface area contributed by atoms with Gasteiger partial charge in [-0.25, -0.2) is 4.98 Å². The second-order valence-electron chi connectivity index (χ2n) is 6.94. The van der Waals surface area contributed by atoms with E-state index in [0.717, 1.165) is 0 Å². The van der Waals surface area contributed by atoms with Gasteiger partial charge in [0, 0.05) is 36.0 Å². The Bertz CT molecular complexity index is 1160. The Kier molecular flexibility index (Phi) is 7.44. The molecule has 0 aliphatic rings. The fourth-order valence-corrected chi connectivity index (χ4v) is 3.18. The summed E-state index contributed by atoms with van der Waals surface area (Å²) in [6, 6.07) is 9.42. The molecule has 2 N–H and O–H groups in total. The van der Waals surface area contributed by atoms with E-state index in [1.807, 2.05) is 0 Å². The Balaban J connectivity index is 2.03. The van der Waals surface area contributed by atoms with Gasteiger partial charge < -0.3 is 24.8 Å². The van der Waals surface area contributed by atoms with Crippen LogP contribution in [0, 0.1) is 0 Å². The summed E-state index contributed by atoms with van der Waals surface area (Å²) in [5.74, 6) is 0.172. The van der Waals surface area contributed by atoms with Gasteiger partial charge in [-0.05, 0) is 12.1 Å². The van der Waals surface area contributed by atoms with E-state index < -0.39 is 17.6 Å². The first-order valence-electron chi connectivity index (χ1n) is 10.1. The van der Waals surface area contributed by atoms with Crippen molar-refractivity contribution < 1.29 is 32.2 Å². The largest absolute Gasteiger partial charge is 0.493 e. The first-order chi connectivity index (χ1) is 16.2. The monoisotopic (exact) mass is 476 g/mol. The number of methoxy groups -OCH3 is 3. The van der Waals surface area contributed by atoms with E-state index in [-0.39, 0.29) is 29.4 Å². The fraction of sp³-hybridized carbons (Fsp3) is 0.261. The van der Waals surface area contributed by atoms with Gasteiger partial charge in [-0.3, -0.25) is 4.79 Å². The van der Waals surface area contributed by atoms with Crippen LogP contribution in [0.5, 0.6) is 17.2 Å². The maximum atomic E-state index is 13.7. The molecular formula is C23H23F3N4O4. The molecule has 0 bridgehead atoms. The van der Waals surface area contributed by atoms with E-state index in [9.17, 15) is 18.0 Å². The third-order valence-corrected chi connectivity index (χ3v) is 4.82. The average molecular weight is 476 g/mol. The van der Waals surface area contributed by atoms with Crippen LogP contribution in [0.1, 0.15) is 29.3 Å². The summed E-state index contributed by atoms with van der Waals surface area (Å²) in [6.07, 6.45) is -3.86. The van der Waals surface area contributed by atoms with Gasteiger partial charge in [0.1, 0.15) is 11.4 Å². The standard InChI is InChI=1S/C23H23F3N4O4/c1-5-17(31)14-8-6-7-9-16(14)29-21-15(23(24,25)26)12-27-22(30-21)28-13-10-18(32-2)20(34-4)19(11-13)33-3/h6-12H,5H2,1-4H3,(H2,27,28,29,30). The maximum absolute atomic E-state index is 13.7. The summed E-state index contributed by atoms with van der Waals surface area (Å²) < 4.78 is 56.8. The van der Waals surface area contributed by atoms with Gasteiger partial charge >= 0.3 is 6.18 Å². The van der Waals surface area contributed by atoms with Gasteiger partial charge in [0.15, 0.2) is 17.3 Å². The second kappa shape index (κ2) is 10.3. The molecule has 0 spiro atoms. The van der Waals surface area contributed by atoms with Gasteiger partial charge in [-0.2, -0.15) is 18.2 Å². The molecule has 34 heavy (non-hydrogen) atoms. The Morgan fingerprint density at radius 2 is 1.65 bits per heavy atom. The predicted octanol–water partition coefficient (Wildman–Crippen LogP) is 5.60. The van der Waals surface area contributed by atoms with Crippen LogP contribution in [0.3, 0.4) is 0 Å². The molecule has 0 fully saturated rings. The van der Waals surface area contributed by atoms with Crippen molar-refractivity contribution in [2.75, 3.05) is 32.0 Å². The van der Waals surface area contributed by atoms with Crippen molar-refractivity contribution in [2.45, 2.75) is 19.5 Å². The smallest absolute Gasteiger partial charge is 0.421 e. The number of halogens is 3. The molecule has 180 valence electrons. The number of carbonyl (C=O) groups excluding carboxylic acids is 1. The van der Waals surface area contributed by atoms with E-state index >= 15 is 0 Å². The lowest BCUT2D eigenvalue weighted by atomic mass is 10.1. The van der Waals surface area contributed by atoms with Crippen LogP contribution < -0.4 is 24.8 Å². The minimum atomic E-state index is -4.73. The third kappa shape index (κ3) is 5.30. The predicted molar refractivity (Wildman–Crippen MR) is 121 cm³/mol. The molecule has 11 heteroatoms. The molecule has 0 amide bonds. The quantitative estimate of drug-likeness (QED) is 0.386. The number of hydrogen-bond acceptors (Lipinski definition) is 8. The van der Waals surface area contributed by atoms with Crippen molar-refractivity contribution in [3.8, 4) is 17.2 Å². The molecular weight excluding hydrogens is 453 g/mol. The molecule has 1 heterocycles. The summed E-state index contributed by atoms with van der Waals surface area (Å²) in [5, 5.41) is 5.50. The van der Waals surface area contributed by atoms with Gasteiger partial charge in [0.05, 0.1) is 27.0 Å². The molecule has 8 nitrogen and oxygen atoms in total. The zero-order valence-corrected chi connectivity index (χ0v) is 18.9. The SMILES string of the molecule is CCC(=O)c1ccccc1Nc1nc(Nc2cc(OC)c(OC)c(OC)c2)ncc1C(F)(F)F. The summed E-state index contributed by atoms with van der Waals surface area (Å²) >= 11 is 0. The molecule has 0 aliphatic heterocycles. The summed E-state index contributed by atoms with van der Waals surface area (Å²) in [4.78, 5) is 20.1. The van der Waals surface area contributed by atoms with Crippen molar-refractivity contribution in [3.05, 3.63) is 53.7 Å². The minimum Gasteiger partial charge on any atom is -0.493 e. The van der Waals surface area contributed by atoms with Crippen molar-refractivity contribution in [2.24, 2.45) is 0 Å². The number of benzene rings is 2. The van der Waals surface area contributed by atoms with E-state index in [4.69, 9.17) is 14.2 Å². The van der Waals surface area contributed by atoms with E-state index in [2.05, 4.69) is 20.6 Å². The van der Waals surface area contributed by atoms with Crippen LogP contribution >= 0.6 is 0 Å². The van der Waals surface area contributed by atoms with Crippen molar-refractivity contribution in [1.29, 1.82) is 0 Å². The highest BCUT2D eigenvalue weighted by molar-refractivity contribution is 6.01. The number of nitrogens with one attached hydrogen (secondary N) is 2. The van der Waals surface area contributed by atoms with E-state index in [0.29, 0.717) is 29.1 Å². The number of ketones is 1. The molecule has 0 saturated heterocycles. The molecule has 3 rings (SSSR count). The van der Waals surface area contributed by atoms with E-state index in [1.165, 1.54) is 33.5 Å². The third-order valence-electron chi connectivity index (χ3n) is 4.82. The van der Waals surface area contributed by atoms with Crippen molar-refractivity contribution >= 4 is 28.9 Å². The number of nitrogens with zero attached hydrogens (tertiary/aromatic N) is 2. The molecule has 0 saturated carbocycles. The number of aromatic nitrogens is 2. The first-order valence-corrected chi connectivity index (χ1v) is 10.1. The zero-order valence-electron chi connectivity index (χ0n) is 18.9. The number of Topliss-reactive ketones (excluding diaryl/α,β-unsaturated/α-hetero) is 1. The summed E-state index contributed by atoms with van der Waals surface area (Å²) in [7, 11) is 4.32. The molecule has 0 radical (unpaired) electrons. The number of alkyl halides is 3. The van der Waals surface area contributed by atoms with Crippen LogP contribution in [0.2, 0.25) is 0 Å². The molecule has 1 aromatic heterocycles. The minimum absolute atomic E-state index is 0.121. The van der Waals surface area contributed by atoms with Gasteiger partial charge in [0.2, 0.25) is 11.7 Å². The fourth-order valence-electron chi connectivity index (χ4n) is 3.18. The van der Waals surface area contributed by atoms with Crippen LogP contribution in [0.15, 0.2) is 42.6 Å². The topological polar surface area (TPSA) is 94.6 Å². The molecule has 0 atom stereocenters. The number of rotatable bonds is 9. The highest BCUT2D eigenvalue weighted by Crippen LogP contribution is 2.41. The first kappa shape index (κ1) is 24.6. The highest BCUT2D eigenvalue weighted by atomic mass is 19.4. The normalized spacial score (nSPS) is 11.0. The van der Waals surface area contributed by atoms with Crippen molar-refractivity contribution in [1.82, 2.24) is 9.97 Å². The van der Waals surface area contributed by atoms with E-state index in [1.54, 1.807) is 31.2 Å². The molecule has 0 aliphatic carbocycles. The second-order valence-corrected chi connectivity index (χ2v) is 6.94. The lowest BCUT2D eigenvalue weighted by Gasteiger charge is -2.17. The summed E-state index contributed by atoms with van der Waals surface area (Å²) in [5.41, 5.74) is -0.225. The number of para-hydroxylation sites is 1. The van der Waals surface area contributed by atoms with Gasteiger partial charge in [-0.1, -0.05) is 19.1 Å². The van der Waals surface area contributed by atoms with Gasteiger partial charge in [-0.15, -0.1) is 0 Å². The maximum Gasteiger partial charge on any atom is 0.421 e. The lowest BCUT2D eigenvalue weighted by molar-refractivity contribution is -0.137. The zero-order chi connectivity index (χ0) is 24.9. The lowest BCUT2D eigenvalue weighted by Crippen LogP contribution is -2.13. The Labute approximate surface area is 194 Å². The van der Waals surface area contributed by atoms with Gasteiger partial charge in [0.25, 0.3) is 0 Å². The van der Waals surface area contributed by atoms with Crippen LogP contribution in [-0.4, -0.2) is 37.1 Å². The molecule has 0 unspecified atom stereocenters. The summed E-state index contributed by atoms with van der Waals surface area (Å²) in [6.45, 7) is 1.67. The van der Waals surface area contributed by atoms with Crippen LogP contribution in [0.25, 0.3) is 0 Å². The number of ether oxygens (including phenoxy) is 3. The number of hydrogen-bond donors (Lipinski definition) is 2. The number of carbonyl (C=O) groups is 1. The highest BCUT2D eigenvalue weighted by Gasteiger charge is 2.35. The number of anilines is 4. The molecule has 3 aromatic rings. The average Bonchev–Trinajstić information content (AvgIpc) is 2.82.